The number of hydrogen-bond acceptors (Lipinski definition) is 5. The number of methoxy groups -OCH3 is 1. The maximum atomic E-state index is 6.05. The van der Waals surface area contributed by atoms with E-state index in [1.54, 1.807) is 18.0 Å². The van der Waals surface area contributed by atoms with Gasteiger partial charge in [0.05, 0.1) is 13.3 Å². The van der Waals surface area contributed by atoms with Gasteiger partial charge in [-0.05, 0) is 80.4 Å². The van der Waals surface area contributed by atoms with Crippen molar-refractivity contribution in [1.82, 2.24) is 14.9 Å². The average Bonchev–Trinajstić information content (AvgIpc) is 2.97. The number of benzene rings is 2. The van der Waals surface area contributed by atoms with E-state index >= 15 is 0 Å². The number of ether oxygens (including phenoxy) is 2. The highest BCUT2D eigenvalue weighted by Crippen LogP contribution is 2.29. The third-order valence-corrected chi connectivity index (χ3v) is 4.80. The molecule has 7 heteroatoms. The molecule has 3 aromatic rings. The standard InChI is InChI=1S/C21H24N4O2S/c1-13-8-14(2)18(15(3)9-13)12-27-19-7-6-17(10-20(19)26-5)11-22-25-16(4)23-24-21(25)28/h6-11H,12H2,1-5H3,(H,24,28)/b22-11-. The second kappa shape index (κ2) is 8.39. The quantitative estimate of drug-likeness (QED) is 0.487. The Bertz CT molecular complexity index is 1060. The minimum Gasteiger partial charge on any atom is -0.493 e. The smallest absolute Gasteiger partial charge is 0.216 e. The lowest BCUT2D eigenvalue weighted by Crippen LogP contribution is -2.03. The number of rotatable bonds is 6. The van der Waals surface area contributed by atoms with E-state index in [2.05, 4.69) is 48.2 Å². The molecule has 2 aromatic carbocycles. The Kier molecular flexibility index (Phi) is 5.94. The Morgan fingerprint density at radius 3 is 2.43 bits per heavy atom. The first-order valence-electron chi connectivity index (χ1n) is 8.95. The van der Waals surface area contributed by atoms with Crippen molar-refractivity contribution in [2.24, 2.45) is 5.10 Å². The fraction of sp³-hybridized carbons (Fsp3) is 0.286. The monoisotopic (exact) mass is 396 g/mol. The lowest BCUT2D eigenvalue weighted by atomic mass is 10.0. The summed E-state index contributed by atoms with van der Waals surface area (Å²) in [4.78, 5) is 0. The van der Waals surface area contributed by atoms with E-state index in [1.165, 1.54) is 22.3 Å². The highest BCUT2D eigenvalue weighted by molar-refractivity contribution is 7.71. The zero-order valence-corrected chi connectivity index (χ0v) is 17.6. The van der Waals surface area contributed by atoms with E-state index in [4.69, 9.17) is 21.7 Å². The Hall–Kier alpha value is -2.93. The average molecular weight is 397 g/mol. The molecule has 0 aliphatic heterocycles. The Labute approximate surface area is 169 Å². The minimum absolute atomic E-state index is 0.449. The van der Waals surface area contributed by atoms with Gasteiger partial charge in [-0.3, -0.25) is 5.10 Å². The molecule has 0 atom stereocenters. The predicted octanol–water partition coefficient (Wildman–Crippen LogP) is 4.64. The molecule has 1 heterocycles. The van der Waals surface area contributed by atoms with E-state index in [9.17, 15) is 0 Å². The molecule has 0 saturated carbocycles. The van der Waals surface area contributed by atoms with Gasteiger partial charge in [0.2, 0.25) is 4.77 Å². The zero-order valence-electron chi connectivity index (χ0n) is 16.7. The molecule has 0 fully saturated rings. The van der Waals surface area contributed by atoms with Gasteiger partial charge >= 0.3 is 0 Å². The third-order valence-electron chi connectivity index (χ3n) is 4.53. The Morgan fingerprint density at radius 2 is 1.82 bits per heavy atom. The van der Waals surface area contributed by atoms with Gasteiger partial charge in [-0.1, -0.05) is 17.7 Å². The summed E-state index contributed by atoms with van der Waals surface area (Å²) in [5.41, 5.74) is 5.78. The van der Waals surface area contributed by atoms with E-state index in [0.717, 1.165) is 5.56 Å². The molecule has 1 aromatic heterocycles. The predicted molar refractivity (Wildman–Crippen MR) is 113 cm³/mol. The van der Waals surface area contributed by atoms with Crippen LogP contribution in [-0.2, 0) is 6.61 Å². The molecule has 0 aliphatic carbocycles. The van der Waals surface area contributed by atoms with Gasteiger partial charge in [0.1, 0.15) is 12.4 Å². The highest BCUT2D eigenvalue weighted by atomic mass is 32.1. The van der Waals surface area contributed by atoms with Crippen molar-refractivity contribution in [3.05, 3.63) is 68.7 Å². The Morgan fingerprint density at radius 1 is 1.11 bits per heavy atom. The summed E-state index contributed by atoms with van der Waals surface area (Å²) in [5.74, 6) is 2.03. The number of nitrogens with one attached hydrogen (secondary N) is 1. The number of nitrogens with zero attached hydrogens (tertiary/aromatic N) is 3. The molecule has 1 N–H and O–H groups in total. The summed E-state index contributed by atoms with van der Waals surface area (Å²) in [6.07, 6.45) is 1.71. The number of aromatic amines is 1. The number of aromatic nitrogens is 3. The molecular formula is C21H24N4O2S. The first kappa shape index (κ1) is 19.8. The fourth-order valence-electron chi connectivity index (χ4n) is 3.10. The molecule has 3 rings (SSSR count). The van der Waals surface area contributed by atoms with E-state index < -0.39 is 0 Å². The molecule has 28 heavy (non-hydrogen) atoms. The zero-order chi connectivity index (χ0) is 20.3. The van der Waals surface area contributed by atoms with Gasteiger partial charge in [0.25, 0.3) is 0 Å². The summed E-state index contributed by atoms with van der Waals surface area (Å²) in [5, 5.41) is 11.1. The van der Waals surface area contributed by atoms with Gasteiger partial charge in [0, 0.05) is 0 Å². The maximum absolute atomic E-state index is 6.05. The second-order valence-electron chi connectivity index (χ2n) is 6.71. The van der Waals surface area contributed by atoms with Crippen molar-refractivity contribution in [1.29, 1.82) is 0 Å². The van der Waals surface area contributed by atoms with Crippen molar-refractivity contribution < 1.29 is 9.47 Å². The van der Waals surface area contributed by atoms with Crippen LogP contribution in [0.1, 0.15) is 33.6 Å². The Balaban J connectivity index is 1.79. The molecular weight excluding hydrogens is 372 g/mol. The van der Waals surface area contributed by atoms with Crippen LogP contribution in [0, 0.1) is 32.5 Å². The summed E-state index contributed by atoms with van der Waals surface area (Å²) >= 11 is 5.15. The summed E-state index contributed by atoms with van der Waals surface area (Å²) in [6, 6.07) is 10.0. The van der Waals surface area contributed by atoms with Crippen molar-refractivity contribution in [3.63, 3.8) is 0 Å². The summed E-state index contributed by atoms with van der Waals surface area (Å²) in [6.45, 7) is 8.64. The topological polar surface area (TPSA) is 64.4 Å². The molecule has 0 radical (unpaired) electrons. The van der Waals surface area contributed by atoms with Crippen molar-refractivity contribution in [2.45, 2.75) is 34.3 Å². The maximum Gasteiger partial charge on any atom is 0.216 e. The minimum atomic E-state index is 0.449. The molecule has 0 amide bonds. The second-order valence-corrected chi connectivity index (χ2v) is 7.10. The van der Waals surface area contributed by atoms with Gasteiger partial charge in [-0.2, -0.15) is 14.9 Å². The van der Waals surface area contributed by atoms with Crippen LogP contribution >= 0.6 is 12.2 Å². The van der Waals surface area contributed by atoms with Crippen LogP contribution in [0.15, 0.2) is 35.4 Å². The normalized spacial score (nSPS) is 11.2. The van der Waals surface area contributed by atoms with Crippen LogP contribution in [0.4, 0.5) is 0 Å². The van der Waals surface area contributed by atoms with Gasteiger partial charge in [-0.25, -0.2) is 0 Å². The first-order valence-corrected chi connectivity index (χ1v) is 9.36. The molecule has 0 spiro atoms. The van der Waals surface area contributed by atoms with Crippen LogP contribution in [0.5, 0.6) is 11.5 Å². The number of aryl methyl sites for hydroxylation is 4. The number of H-pyrrole nitrogens is 1. The van der Waals surface area contributed by atoms with E-state index in [1.807, 2.05) is 25.1 Å². The van der Waals surface area contributed by atoms with E-state index in [-0.39, 0.29) is 0 Å². The van der Waals surface area contributed by atoms with Crippen molar-refractivity contribution in [2.75, 3.05) is 7.11 Å². The molecule has 0 bridgehead atoms. The van der Waals surface area contributed by atoms with Crippen LogP contribution in [0.25, 0.3) is 0 Å². The van der Waals surface area contributed by atoms with Gasteiger partial charge in [0.15, 0.2) is 11.5 Å². The first-order chi connectivity index (χ1) is 13.4. The molecule has 146 valence electrons. The van der Waals surface area contributed by atoms with Crippen molar-refractivity contribution in [3.8, 4) is 11.5 Å². The lowest BCUT2D eigenvalue weighted by Gasteiger charge is -2.15. The molecule has 0 saturated heterocycles. The largest absolute Gasteiger partial charge is 0.493 e. The van der Waals surface area contributed by atoms with Crippen LogP contribution in [0.3, 0.4) is 0 Å². The van der Waals surface area contributed by atoms with Gasteiger partial charge < -0.3 is 9.47 Å². The fourth-order valence-corrected chi connectivity index (χ4v) is 3.33. The SMILES string of the molecule is COc1cc(/C=N\n2c(C)n[nH]c2=S)ccc1OCc1c(C)cc(C)cc1C. The van der Waals surface area contributed by atoms with Crippen LogP contribution < -0.4 is 9.47 Å². The van der Waals surface area contributed by atoms with Crippen LogP contribution in [-0.4, -0.2) is 28.2 Å². The highest BCUT2D eigenvalue weighted by Gasteiger charge is 2.09. The molecule has 6 nitrogen and oxygen atoms in total. The molecule has 0 aliphatic rings. The summed E-state index contributed by atoms with van der Waals surface area (Å²) in [7, 11) is 1.63. The lowest BCUT2D eigenvalue weighted by molar-refractivity contribution is 0.283. The van der Waals surface area contributed by atoms with Crippen molar-refractivity contribution >= 4 is 18.4 Å². The summed E-state index contributed by atoms with van der Waals surface area (Å²) < 4.78 is 13.6. The third kappa shape index (κ3) is 4.31. The van der Waals surface area contributed by atoms with Crippen LogP contribution in [0.2, 0.25) is 0 Å². The van der Waals surface area contributed by atoms with Gasteiger partial charge in [-0.15, -0.1) is 0 Å². The number of hydrogen-bond donors (Lipinski definition) is 1. The van der Waals surface area contributed by atoms with E-state index in [0.29, 0.717) is 28.7 Å². The molecule has 0 unspecified atom stereocenters.